The molecule has 2 N–H and O–H groups in total. The summed E-state index contributed by atoms with van der Waals surface area (Å²) >= 11 is 0. The zero-order valence-electron chi connectivity index (χ0n) is 22.2. The summed E-state index contributed by atoms with van der Waals surface area (Å²) in [7, 11) is 0. The van der Waals surface area contributed by atoms with Crippen molar-refractivity contribution in [3.8, 4) is 11.1 Å². The Morgan fingerprint density at radius 2 is 1.47 bits per heavy atom. The van der Waals surface area contributed by atoms with Crippen LogP contribution in [0.3, 0.4) is 0 Å². The predicted octanol–water partition coefficient (Wildman–Crippen LogP) is 6.04. The smallest absolute Gasteiger partial charge is 0.407 e. The number of Topliss-reactive ketones (excluding diaryl/α,β-unsaturated/α-hetero) is 1. The first kappa shape index (κ1) is 27.1. The van der Waals surface area contributed by atoms with E-state index >= 15 is 0 Å². The van der Waals surface area contributed by atoms with Crippen molar-refractivity contribution < 1.29 is 19.1 Å². The molecule has 0 aromatic heterocycles. The molecule has 1 aliphatic carbocycles. The topological polar surface area (TPSA) is 84.5 Å². The molecule has 0 fully saturated rings. The summed E-state index contributed by atoms with van der Waals surface area (Å²) in [4.78, 5) is 37.5. The maximum Gasteiger partial charge on any atom is 0.407 e. The Hall–Kier alpha value is -3.93. The molecule has 1 atom stereocenters. The lowest BCUT2D eigenvalue weighted by Gasteiger charge is -2.19. The standard InChI is InChI=1S/C32H36N2O4/c1-3-22-16-18-23(19-17-22)31(36)33-20-10-9-15-29(30(35)4-2)34-32(37)38-21-28-26-13-7-5-11-24(26)25-12-6-8-14-27(25)28/h5-8,11-14,16-19,28-29H,3-4,9-10,15,20-21H2,1-2H3,(H,33,36)(H,34,37). The van der Waals surface area contributed by atoms with Crippen molar-refractivity contribution in [1.29, 1.82) is 0 Å². The van der Waals surface area contributed by atoms with E-state index in [9.17, 15) is 14.4 Å². The number of unbranched alkanes of at least 4 members (excludes halogenated alkanes) is 1. The second kappa shape index (κ2) is 13.0. The summed E-state index contributed by atoms with van der Waals surface area (Å²) in [5.74, 6) is -0.167. The van der Waals surface area contributed by atoms with E-state index in [0.29, 0.717) is 37.8 Å². The van der Waals surface area contributed by atoms with Gasteiger partial charge in [0, 0.05) is 24.4 Å². The summed E-state index contributed by atoms with van der Waals surface area (Å²) in [6.07, 6.45) is 2.58. The van der Waals surface area contributed by atoms with Gasteiger partial charge in [-0.15, -0.1) is 0 Å². The van der Waals surface area contributed by atoms with Gasteiger partial charge < -0.3 is 15.4 Å². The van der Waals surface area contributed by atoms with E-state index in [1.54, 1.807) is 6.92 Å². The highest BCUT2D eigenvalue weighted by molar-refractivity contribution is 5.94. The fourth-order valence-corrected chi connectivity index (χ4v) is 5.01. The van der Waals surface area contributed by atoms with Crippen molar-refractivity contribution in [3.63, 3.8) is 0 Å². The quantitative estimate of drug-likeness (QED) is 0.290. The molecule has 6 heteroatoms. The molecule has 38 heavy (non-hydrogen) atoms. The maximum atomic E-state index is 12.7. The number of ether oxygens (including phenoxy) is 1. The van der Waals surface area contributed by atoms with Crippen molar-refractivity contribution in [2.24, 2.45) is 0 Å². The van der Waals surface area contributed by atoms with Crippen LogP contribution in [0.5, 0.6) is 0 Å². The summed E-state index contributed by atoms with van der Waals surface area (Å²) in [6.45, 7) is 4.58. The molecule has 198 valence electrons. The number of benzene rings is 3. The molecule has 0 aliphatic heterocycles. The average Bonchev–Trinajstić information content (AvgIpc) is 3.28. The molecule has 0 spiro atoms. The first-order valence-corrected chi connectivity index (χ1v) is 13.5. The number of aryl methyl sites for hydroxylation is 1. The Bertz CT molecular complexity index is 1220. The van der Waals surface area contributed by atoms with Crippen LogP contribution in [-0.4, -0.2) is 37.0 Å². The number of hydrogen-bond acceptors (Lipinski definition) is 4. The molecular weight excluding hydrogens is 476 g/mol. The van der Waals surface area contributed by atoms with Crippen LogP contribution in [0.15, 0.2) is 72.8 Å². The van der Waals surface area contributed by atoms with E-state index in [1.807, 2.05) is 48.5 Å². The van der Waals surface area contributed by atoms with E-state index in [2.05, 4.69) is 41.8 Å². The van der Waals surface area contributed by atoms with Crippen LogP contribution in [0.25, 0.3) is 11.1 Å². The lowest BCUT2D eigenvalue weighted by Crippen LogP contribution is -2.41. The molecule has 1 aliphatic rings. The van der Waals surface area contributed by atoms with Crippen molar-refractivity contribution in [2.45, 2.75) is 57.9 Å². The largest absolute Gasteiger partial charge is 0.449 e. The number of amides is 2. The van der Waals surface area contributed by atoms with Gasteiger partial charge in [0.25, 0.3) is 5.91 Å². The Labute approximate surface area is 224 Å². The van der Waals surface area contributed by atoms with Gasteiger partial charge in [0.2, 0.25) is 0 Å². The molecule has 4 rings (SSSR count). The maximum absolute atomic E-state index is 12.7. The number of ketones is 1. The monoisotopic (exact) mass is 512 g/mol. The molecule has 0 saturated heterocycles. The lowest BCUT2D eigenvalue weighted by atomic mass is 9.98. The van der Waals surface area contributed by atoms with Crippen LogP contribution < -0.4 is 10.6 Å². The number of rotatable bonds is 12. The van der Waals surface area contributed by atoms with Gasteiger partial charge in [-0.2, -0.15) is 0 Å². The second-order valence-corrected chi connectivity index (χ2v) is 9.64. The van der Waals surface area contributed by atoms with E-state index in [4.69, 9.17) is 4.74 Å². The minimum Gasteiger partial charge on any atom is -0.449 e. The Morgan fingerprint density at radius 1 is 0.842 bits per heavy atom. The first-order chi connectivity index (χ1) is 18.5. The Morgan fingerprint density at radius 3 is 2.08 bits per heavy atom. The summed E-state index contributed by atoms with van der Waals surface area (Å²) in [6, 6.07) is 23.4. The van der Waals surface area contributed by atoms with Crippen LogP contribution in [-0.2, 0) is 16.0 Å². The van der Waals surface area contributed by atoms with E-state index < -0.39 is 12.1 Å². The van der Waals surface area contributed by atoms with Gasteiger partial charge in [0.15, 0.2) is 5.78 Å². The zero-order valence-corrected chi connectivity index (χ0v) is 22.2. The average molecular weight is 513 g/mol. The predicted molar refractivity (Wildman–Crippen MR) is 149 cm³/mol. The number of fused-ring (bicyclic) bond motifs is 3. The van der Waals surface area contributed by atoms with Gasteiger partial charge in [-0.1, -0.05) is 74.5 Å². The third kappa shape index (κ3) is 6.49. The Balaban J connectivity index is 1.24. The van der Waals surface area contributed by atoms with E-state index in [0.717, 1.165) is 17.5 Å². The van der Waals surface area contributed by atoms with Gasteiger partial charge in [-0.3, -0.25) is 9.59 Å². The fraction of sp³-hybridized carbons (Fsp3) is 0.344. The van der Waals surface area contributed by atoms with Crippen molar-refractivity contribution in [2.75, 3.05) is 13.2 Å². The molecule has 1 unspecified atom stereocenters. The molecule has 0 saturated carbocycles. The molecule has 0 heterocycles. The van der Waals surface area contributed by atoms with Gasteiger partial charge >= 0.3 is 6.09 Å². The third-order valence-corrected chi connectivity index (χ3v) is 7.20. The molecule has 0 radical (unpaired) electrons. The lowest BCUT2D eigenvalue weighted by molar-refractivity contribution is -0.120. The van der Waals surface area contributed by atoms with Crippen LogP contribution in [0.4, 0.5) is 4.79 Å². The SMILES string of the molecule is CCC(=O)C(CCCCNC(=O)c1ccc(CC)cc1)NC(=O)OCC1c2ccccc2-c2ccccc21. The third-order valence-electron chi connectivity index (χ3n) is 7.20. The van der Waals surface area contributed by atoms with Crippen LogP contribution in [0.1, 0.15) is 72.5 Å². The summed E-state index contributed by atoms with van der Waals surface area (Å²) in [5.41, 5.74) is 6.45. The first-order valence-electron chi connectivity index (χ1n) is 13.5. The highest BCUT2D eigenvalue weighted by Crippen LogP contribution is 2.44. The van der Waals surface area contributed by atoms with E-state index in [1.165, 1.54) is 16.7 Å². The van der Waals surface area contributed by atoms with Crippen molar-refractivity contribution >= 4 is 17.8 Å². The van der Waals surface area contributed by atoms with Gasteiger partial charge in [0.1, 0.15) is 6.61 Å². The van der Waals surface area contributed by atoms with Gasteiger partial charge in [-0.25, -0.2) is 4.79 Å². The van der Waals surface area contributed by atoms with Gasteiger partial charge in [-0.05, 0) is 65.6 Å². The Kier molecular flexibility index (Phi) is 9.30. The van der Waals surface area contributed by atoms with Gasteiger partial charge in [0.05, 0.1) is 6.04 Å². The molecule has 2 amide bonds. The van der Waals surface area contributed by atoms with Crippen LogP contribution >= 0.6 is 0 Å². The normalized spacial score (nSPS) is 12.8. The summed E-state index contributed by atoms with van der Waals surface area (Å²) in [5, 5.41) is 5.70. The number of hydrogen-bond donors (Lipinski definition) is 2. The van der Waals surface area contributed by atoms with Crippen molar-refractivity contribution in [3.05, 3.63) is 95.1 Å². The zero-order chi connectivity index (χ0) is 26.9. The molecule has 6 nitrogen and oxygen atoms in total. The van der Waals surface area contributed by atoms with E-state index in [-0.39, 0.29) is 24.2 Å². The van der Waals surface area contributed by atoms with Crippen LogP contribution in [0.2, 0.25) is 0 Å². The van der Waals surface area contributed by atoms with Crippen LogP contribution in [0, 0.1) is 0 Å². The number of carbonyl (C=O) groups is 3. The second-order valence-electron chi connectivity index (χ2n) is 9.64. The summed E-state index contributed by atoms with van der Waals surface area (Å²) < 4.78 is 5.63. The molecule has 0 bridgehead atoms. The molecule has 3 aromatic carbocycles. The minimum absolute atomic E-state index is 0.0291. The fourth-order valence-electron chi connectivity index (χ4n) is 5.01. The molecule has 3 aromatic rings. The number of nitrogens with one attached hydrogen (secondary N) is 2. The molecular formula is C32H36N2O4. The van der Waals surface area contributed by atoms with Crippen molar-refractivity contribution in [1.82, 2.24) is 10.6 Å². The minimum atomic E-state index is -0.604. The number of alkyl carbamates (subject to hydrolysis) is 1. The highest BCUT2D eigenvalue weighted by atomic mass is 16.5. The highest BCUT2D eigenvalue weighted by Gasteiger charge is 2.29. The number of carbonyl (C=O) groups excluding carboxylic acids is 3.